The van der Waals surface area contributed by atoms with Crippen LogP contribution in [0.25, 0.3) is 22.2 Å². The molecule has 1 aliphatic carbocycles. The first-order chi connectivity index (χ1) is 8.66. The van der Waals surface area contributed by atoms with Gasteiger partial charge in [-0.3, -0.25) is 9.59 Å². The fourth-order valence-corrected chi connectivity index (χ4v) is 2.19. The Labute approximate surface area is 107 Å². The summed E-state index contributed by atoms with van der Waals surface area (Å²) in [5, 5.41) is 0.191. The van der Waals surface area contributed by atoms with Gasteiger partial charge in [-0.15, -0.1) is 0 Å². The number of benzene rings is 2. The predicted octanol–water partition coefficient (Wildman–Crippen LogP) is 3.01. The highest BCUT2D eigenvalue weighted by Gasteiger charge is 2.14. The zero-order valence-corrected chi connectivity index (χ0v) is 9.99. The Kier molecular flexibility index (Phi) is 2.42. The summed E-state index contributed by atoms with van der Waals surface area (Å²) >= 11 is 5.38. The highest BCUT2D eigenvalue weighted by atomic mass is 35.5. The lowest BCUT2D eigenvalue weighted by Gasteiger charge is -2.08. The van der Waals surface area contributed by atoms with Crippen molar-refractivity contribution in [3.8, 4) is 11.3 Å². The van der Waals surface area contributed by atoms with E-state index in [0.29, 0.717) is 11.3 Å². The summed E-state index contributed by atoms with van der Waals surface area (Å²) in [6.45, 7) is 0. The van der Waals surface area contributed by atoms with E-state index < -0.39 is 5.24 Å². The van der Waals surface area contributed by atoms with Crippen LogP contribution in [0.2, 0.25) is 0 Å². The third kappa shape index (κ3) is 1.60. The van der Waals surface area contributed by atoms with Gasteiger partial charge in [0, 0.05) is 16.8 Å². The standard InChI is InChI=1S/C14H8ClNO2/c15-14(18)9-5-6-12-10(13(9)17)7-8-3-1-2-4-11(8)16-12/h1-7,16H. The van der Waals surface area contributed by atoms with Crippen molar-refractivity contribution < 1.29 is 4.79 Å². The summed E-state index contributed by atoms with van der Waals surface area (Å²) < 4.78 is 0. The summed E-state index contributed by atoms with van der Waals surface area (Å²) in [6, 6.07) is 12.6. The molecule has 0 spiro atoms. The minimum absolute atomic E-state index is 0.00727. The number of H-pyrrole nitrogens is 1. The summed E-state index contributed by atoms with van der Waals surface area (Å²) in [6.07, 6.45) is 0. The minimum atomic E-state index is -0.727. The number of aromatic nitrogens is 1. The number of fused-ring (bicyclic) bond motifs is 2. The largest absolute Gasteiger partial charge is 0.354 e. The second-order valence-electron chi connectivity index (χ2n) is 4.03. The van der Waals surface area contributed by atoms with Crippen molar-refractivity contribution >= 4 is 27.7 Å². The van der Waals surface area contributed by atoms with E-state index in [1.54, 1.807) is 12.1 Å². The van der Waals surface area contributed by atoms with Crippen molar-refractivity contribution in [2.45, 2.75) is 0 Å². The first-order valence-corrected chi connectivity index (χ1v) is 5.79. The molecule has 0 amide bonds. The third-order valence-corrected chi connectivity index (χ3v) is 3.14. The molecule has 1 N–H and O–H groups in total. The van der Waals surface area contributed by atoms with Gasteiger partial charge in [0.1, 0.15) is 0 Å². The Morgan fingerprint density at radius 1 is 1.11 bits per heavy atom. The topological polar surface area (TPSA) is 49.9 Å². The van der Waals surface area contributed by atoms with Gasteiger partial charge in [0.2, 0.25) is 0 Å². The molecular weight excluding hydrogens is 250 g/mol. The first kappa shape index (κ1) is 11.0. The van der Waals surface area contributed by atoms with Gasteiger partial charge in [-0.05, 0) is 41.3 Å². The quantitative estimate of drug-likeness (QED) is 0.538. The summed E-state index contributed by atoms with van der Waals surface area (Å²) in [5.74, 6) is 0. The molecule has 3 nitrogen and oxygen atoms in total. The van der Waals surface area contributed by atoms with E-state index in [-0.39, 0.29) is 11.0 Å². The normalized spacial score (nSPS) is 10.9. The van der Waals surface area contributed by atoms with Crippen LogP contribution in [-0.2, 0) is 0 Å². The van der Waals surface area contributed by atoms with E-state index in [1.807, 2.05) is 24.3 Å². The van der Waals surface area contributed by atoms with Gasteiger partial charge in [-0.2, -0.15) is 0 Å². The van der Waals surface area contributed by atoms with Crippen LogP contribution in [0.4, 0.5) is 0 Å². The molecule has 0 unspecified atom stereocenters. The van der Waals surface area contributed by atoms with Gasteiger partial charge in [0.25, 0.3) is 5.24 Å². The highest BCUT2D eigenvalue weighted by molar-refractivity contribution is 6.67. The van der Waals surface area contributed by atoms with Crippen molar-refractivity contribution in [1.29, 1.82) is 0 Å². The van der Waals surface area contributed by atoms with E-state index in [4.69, 9.17) is 11.6 Å². The van der Waals surface area contributed by atoms with Crippen LogP contribution in [0, 0.1) is 0 Å². The molecule has 2 aliphatic rings. The smallest absolute Gasteiger partial charge is 0.256 e. The second-order valence-corrected chi connectivity index (χ2v) is 4.38. The maximum absolute atomic E-state index is 12.1. The SMILES string of the molecule is O=C(Cl)c1ccc2[nH]c3ccccc3cc-2c1=O. The lowest BCUT2D eigenvalue weighted by atomic mass is 10.0. The van der Waals surface area contributed by atoms with Crippen LogP contribution >= 0.6 is 11.6 Å². The Morgan fingerprint density at radius 3 is 2.67 bits per heavy atom. The Morgan fingerprint density at radius 2 is 1.89 bits per heavy atom. The van der Waals surface area contributed by atoms with Crippen molar-refractivity contribution in [3.63, 3.8) is 0 Å². The molecule has 1 aromatic carbocycles. The lowest BCUT2D eigenvalue weighted by Crippen LogP contribution is -2.14. The lowest BCUT2D eigenvalue weighted by molar-refractivity contribution is 0.108. The zero-order valence-electron chi connectivity index (χ0n) is 9.24. The van der Waals surface area contributed by atoms with Crippen molar-refractivity contribution in [3.05, 3.63) is 58.3 Å². The van der Waals surface area contributed by atoms with Crippen LogP contribution in [0.5, 0.6) is 0 Å². The number of hydrogen-bond acceptors (Lipinski definition) is 2. The monoisotopic (exact) mass is 257 g/mol. The maximum atomic E-state index is 12.1. The number of aromatic amines is 1. The van der Waals surface area contributed by atoms with Crippen molar-refractivity contribution in [2.24, 2.45) is 0 Å². The molecule has 0 radical (unpaired) electrons. The first-order valence-electron chi connectivity index (χ1n) is 5.41. The molecule has 18 heavy (non-hydrogen) atoms. The highest BCUT2D eigenvalue weighted by Crippen LogP contribution is 2.22. The predicted molar refractivity (Wildman–Crippen MR) is 71.4 cm³/mol. The second kappa shape index (κ2) is 3.96. The van der Waals surface area contributed by atoms with E-state index >= 15 is 0 Å². The number of hydrogen-bond donors (Lipinski definition) is 1. The number of halogens is 1. The maximum Gasteiger partial charge on any atom is 0.256 e. The summed E-state index contributed by atoms with van der Waals surface area (Å²) in [4.78, 5) is 26.4. The molecule has 1 heterocycles. The Hall–Kier alpha value is -2.13. The molecule has 0 saturated carbocycles. The molecule has 0 saturated heterocycles. The van der Waals surface area contributed by atoms with E-state index in [1.165, 1.54) is 6.07 Å². The van der Waals surface area contributed by atoms with Crippen molar-refractivity contribution in [2.75, 3.05) is 0 Å². The number of carbonyl (C=O) groups excluding carboxylic acids is 1. The fraction of sp³-hybridized carbons (Fsp3) is 0. The molecule has 4 heteroatoms. The Balaban J connectivity index is 2.45. The number of pyridine rings is 1. The van der Waals surface area contributed by atoms with Crippen LogP contribution in [0.3, 0.4) is 0 Å². The summed E-state index contributed by atoms with van der Waals surface area (Å²) in [5.41, 5.74) is 1.78. The molecule has 3 rings (SSSR count). The van der Waals surface area contributed by atoms with Crippen LogP contribution < -0.4 is 5.43 Å². The third-order valence-electron chi connectivity index (χ3n) is 2.94. The van der Waals surface area contributed by atoms with Crippen LogP contribution in [0.15, 0.2) is 47.3 Å². The van der Waals surface area contributed by atoms with Gasteiger partial charge < -0.3 is 4.98 Å². The summed E-state index contributed by atoms with van der Waals surface area (Å²) in [7, 11) is 0. The van der Waals surface area contributed by atoms with Gasteiger partial charge in [0.05, 0.1) is 5.56 Å². The van der Waals surface area contributed by atoms with Gasteiger partial charge in [0.15, 0.2) is 5.43 Å². The fourth-order valence-electron chi connectivity index (χ4n) is 2.04. The number of rotatable bonds is 1. The van der Waals surface area contributed by atoms with Crippen molar-refractivity contribution in [1.82, 2.24) is 4.98 Å². The Bertz CT molecular complexity index is 791. The molecule has 0 aromatic heterocycles. The molecule has 88 valence electrons. The molecule has 0 fully saturated rings. The average molecular weight is 258 g/mol. The number of para-hydroxylation sites is 1. The molecule has 1 aliphatic heterocycles. The molecular formula is C14H8ClNO2. The van der Waals surface area contributed by atoms with E-state index in [0.717, 1.165) is 10.9 Å². The minimum Gasteiger partial charge on any atom is -0.354 e. The van der Waals surface area contributed by atoms with E-state index in [2.05, 4.69) is 4.98 Å². The average Bonchev–Trinajstić information content (AvgIpc) is 2.37. The number of carbonyl (C=O) groups is 1. The van der Waals surface area contributed by atoms with Gasteiger partial charge >= 0.3 is 0 Å². The molecule has 1 aromatic rings. The molecule has 0 bridgehead atoms. The van der Waals surface area contributed by atoms with Crippen LogP contribution in [0.1, 0.15) is 10.4 Å². The number of nitrogens with one attached hydrogen (secondary N) is 1. The molecule has 0 atom stereocenters. The van der Waals surface area contributed by atoms with Gasteiger partial charge in [-0.25, -0.2) is 0 Å². The van der Waals surface area contributed by atoms with Gasteiger partial charge in [-0.1, -0.05) is 18.2 Å². The zero-order chi connectivity index (χ0) is 12.7. The van der Waals surface area contributed by atoms with E-state index in [9.17, 15) is 9.59 Å². The van der Waals surface area contributed by atoms with Crippen LogP contribution in [-0.4, -0.2) is 10.2 Å².